The van der Waals surface area contributed by atoms with Crippen LogP contribution in [0.5, 0.6) is 5.75 Å². The fourth-order valence-corrected chi connectivity index (χ4v) is 1.94. The maximum absolute atomic E-state index is 11.2. The maximum Gasteiger partial charge on any atom is 0.339 e. The minimum atomic E-state index is -0.535. The van der Waals surface area contributed by atoms with E-state index in [1.54, 1.807) is 0 Å². The summed E-state index contributed by atoms with van der Waals surface area (Å²) in [5, 5.41) is 9.38. The van der Waals surface area contributed by atoms with E-state index in [9.17, 15) is 9.90 Å². The summed E-state index contributed by atoms with van der Waals surface area (Å²) in [4.78, 5) is 11.2. The van der Waals surface area contributed by atoms with Crippen LogP contribution in [0.3, 0.4) is 0 Å². The van der Waals surface area contributed by atoms with E-state index in [1.807, 2.05) is 6.92 Å². The molecule has 1 atom stereocenters. The predicted molar refractivity (Wildman–Crippen MR) is 60.0 cm³/mol. The molecular formula is C12H16O5. The topological polar surface area (TPSA) is 68.9 Å². The van der Waals surface area contributed by atoms with Gasteiger partial charge in [-0.05, 0) is 6.42 Å². The van der Waals surface area contributed by atoms with Crippen molar-refractivity contribution in [2.45, 2.75) is 32.0 Å². The molecule has 1 N–H and O–H groups in total. The van der Waals surface area contributed by atoms with Gasteiger partial charge in [-0.15, -0.1) is 0 Å². The standard InChI is InChI=1S/C12H16O5/c1-2-8(5-12-15-3-4-16-12)10-6-9(13)7-11(14)17-10/h6-8,12-13H,2-5H2,1H3. The Labute approximate surface area is 99.0 Å². The van der Waals surface area contributed by atoms with Crippen LogP contribution >= 0.6 is 0 Å². The first kappa shape index (κ1) is 12.1. The van der Waals surface area contributed by atoms with Crippen LogP contribution in [0.2, 0.25) is 0 Å². The average molecular weight is 240 g/mol. The number of rotatable bonds is 4. The van der Waals surface area contributed by atoms with Crippen LogP contribution in [0.15, 0.2) is 21.3 Å². The highest BCUT2D eigenvalue weighted by Crippen LogP contribution is 2.28. The highest BCUT2D eigenvalue weighted by molar-refractivity contribution is 5.20. The van der Waals surface area contributed by atoms with Crippen molar-refractivity contribution < 1.29 is 19.0 Å². The summed E-state index contributed by atoms with van der Waals surface area (Å²) in [6.45, 7) is 3.19. The number of hydrogen-bond donors (Lipinski definition) is 1. The number of ether oxygens (including phenoxy) is 2. The van der Waals surface area contributed by atoms with Gasteiger partial charge >= 0.3 is 5.63 Å². The lowest BCUT2D eigenvalue weighted by Crippen LogP contribution is -2.14. The molecule has 0 bridgehead atoms. The second-order valence-electron chi connectivity index (χ2n) is 4.05. The fraction of sp³-hybridized carbons (Fsp3) is 0.583. The molecule has 2 heterocycles. The summed E-state index contributed by atoms with van der Waals surface area (Å²) in [7, 11) is 0. The maximum atomic E-state index is 11.2. The van der Waals surface area contributed by atoms with E-state index in [-0.39, 0.29) is 18.0 Å². The summed E-state index contributed by atoms with van der Waals surface area (Å²) >= 11 is 0. The van der Waals surface area contributed by atoms with Crippen LogP contribution in [-0.2, 0) is 9.47 Å². The SMILES string of the molecule is CCC(CC1OCCO1)c1cc(O)cc(=O)o1. The zero-order valence-corrected chi connectivity index (χ0v) is 9.72. The van der Waals surface area contributed by atoms with E-state index in [2.05, 4.69) is 0 Å². The van der Waals surface area contributed by atoms with Gasteiger partial charge in [0, 0.05) is 18.4 Å². The second-order valence-corrected chi connectivity index (χ2v) is 4.05. The molecule has 0 saturated carbocycles. The lowest BCUT2D eigenvalue weighted by atomic mass is 9.98. The molecule has 1 saturated heterocycles. The Bertz CT molecular complexity index is 419. The van der Waals surface area contributed by atoms with Gasteiger partial charge in [-0.3, -0.25) is 0 Å². The molecule has 1 aromatic rings. The summed E-state index contributed by atoms with van der Waals surface area (Å²) < 4.78 is 15.8. The molecule has 0 aliphatic carbocycles. The third-order valence-corrected chi connectivity index (χ3v) is 2.84. The Balaban J connectivity index is 2.13. The van der Waals surface area contributed by atoms with Gasteiger partial charge in [-0.25, -0.2) is 4.79 Å². The Morgan fingerprint density at radius 1 is 1.41 bits per heavy atom. The highest BCUT2D eigenvalue weighted by atomic mass is 16.7. The van der Waals surface area contributed by atoms with Crippen molar-refractivity contribution >= 4 is 0 Å². The van der Waals surface area contributed by atoms with E-state index >= 15 is 0 Å². The summed E-state index contributed by atoms with van der Waals surface area (Å²) in [5.41, 5.74) is -0.535. The zero-order chi connectivity index (χ0) is 12.3. The van der Waals surface area contributed by atoms with E-state index in [4.69, 9.17) is 13.9 Å². The predicted octanol–water partition coefficient (Wildman–Crippen LogP) is 1.60. The summed E-state index contributed by atoms with van der Waals surface area (Å²) in [6.07, 6.45) is 1.17. The number of hydrogen-bond acceptors (Lipinski definition) is 5. The lowest BCUT2D eigenvalue weighted by Gasteiger charge is -2.17. The van der Waals surface area contributed by atoms with Gasteiger partial charge < -0.3 is 19.0 Å². The van der Waals surface area contributed by atoms with Crippen molar-refractivity contribution in [1.29, 1.82) is 0 Å². The Morgan fingerprint density at radius 2 is 2.12 bits per heavy atom. The van der Waals surface area contributed by atoms with Gasteiger partial charge in [0.05, 0.1) is 19.3 Å². The van der Waals surface area contributed by atoms with Crippen LogP contribution in [0, 0.1) is 0 Å². The first-order valence-electron chi connectivity index (χ1n) is 5.76. The molecule has 0 radical (unpaired) electrons. The summed E-state index contributed by atoms with van der Waals surface area (Å²) in [5.74, 6) is 0.428. The lowest BCUT2D eigenvalue weighted by molar-refractivity contribution is -0.0525. The summed E-state index contributed by atoms with van der Waals surface area (Å²) in [6, 6.07) is 2.53. The Hall–Kier alpha value is -1.33. The van der Waals surface area contributed by atoms with Gasteiger partial charge in [0.1, 0.15) is 11.5 Å². The van der Waals surface area contributed by atoms with Crippen LogP contribution in [0.4, 0.5) is 0 Å². The van der Waals surface area contributed by atoms with Crippen molar-refractivity contribution in [2.75, 3.05) is 13.2 Å². The molecule has 0 aromatic carbocycles. The van der Waals surface area contributed by atoms with Crippen LogP contribution in [0.1, 0.15) is 31.4 Å². The number of aromatic hydroxyl groups is 1. The fourth-order valence-electron chi connectivity index (χ4n) is 1.94. The minimum absolute atomic E-state index is 0.0119. The molecule has 94 valence electrons. The largest absolute Gasteiger partial charge is 0.508 e. The third kappa shape index (κ3) is 3.08. The van der Waals surface area contributed by atoms with Gasteiger partial charge in [0.15, 0.2) is 6.29 Å². The van der Waals surface area contributed by atoms with E-state index < -0.39 is 5.63 Å². The molecule has 1 aromatic heterocycles. The van der Waals surface area contributed by atoms with E-state index in [0.717, 1.165) is 12.5 Å². The minimum Gasteiger partial charge on any atom is -0.508 e. The molecule has 1 aliphatic rings. The van der Waals surface area contributed by atoms with Crippen molar-refractivity contribution in [1.82, 2.24) is 0 Å². The van der Waals surface area contributed by atoms with Gasteiger partial charge in [0.25, 0.3) is 0 Å². The molecule has 1 aliphatic heterocycles. The van der Waals surface area contributed by atoms with E-state index in [1.165, 1.54) is 6.07 Å². The normalized spacial score (nSPS) is 18.4. The molecular weight excluding hydrogens is 224 g/mol. The monoisotopic (exact) mass is 240 g/mol. The molecule has 0 amide bonds. The quantitative estimate of drug-likeness (QED) is 0.865. The van der Waals surface area contributed by atoms with Gasteiger partial charge in [-0.2, -0.15) is 0 Å². The Kier molecular flexibility index (Phi) is 3.81. The van der Waals surface area contributed by atoms with Crippen molar-refractivity contribution in [3.05, 3.63) is 28.3 Å². The molecule has 5 nitrogen and oxygen atoms in total. The third-order valence-electron chi connectivity index (χ3n) is 2.84. The molecule has 17 heavy (non-hydrogen) atoms. The van der Waals surface area contributed by atoms with Crippen molar-refractivity contribution in [3.8, 4) is 5.75 Å². The first-order chi connectivity index (χ1) is 8.19. The van der Waals surface area contributed by atoms with Crippen molar-refractivity contribution in [3.63, 3.8) is 0 Å². The zero-order valence-electron chi connectivity index (χ0n) is 9.72. The van der Waals surface area contributed by atoms with Crippen LogP contribution in [0.25, 0.3) is 0 Å². The highest BCUT2D eigenvalue weighted by Gasteiger charge is 2.23. The smallest absolute Gasteiger partial charge is 0.339 e. The molecule has 5 heteroatoms. The second kappa shape index (κ2) is 5.33. The van der Waals surface area contributed by atoms with Gasteiger partial charge in [0.2, 0.25) is 0 Å². The molecule has 1 unspecified atom stereocenters. The van der Waals surface area contributed by atoms with Gasteiger partial charge in [-0.1, -0.05) is 6.92 Å². The molecule has 2 rings (SSSR count). The molecule has 1 fully saturated rings. The Morgan fingerprint density at radius 3 is 2.71 bits per heavy atom. The first-order valence-corrected chi connectivity index (χ1v) is 5.76. The van der Waals surface area contributed by atoms with Crippen LogP contribution in [-0.4, -0.2) is 24.6 Å². The van der Waals surface area contributed by atoms with Crippen LogP contribution < -0.4 is 5.63 Å². The average Bonchev–Trinajstić information content (AvgIpc) is 2.77. The molecule has 0 spiro atoms. The van der Waals surface area contributed by atoms with E-state index in [0.29, 0.717) is 25.4 Å². The van der Waals surface area contributed by atoms with Crippen molar-refractivity contribution in [2.24, 2.45) is 0 Å².